The van der Waals surface area contributed by atoms with E-state index in [-0.39, 0.29) is 5.60 Å². The summed E-state index contributed by atoms with van der Waals surface area (Å²) in [6.45, 7) is 0.829. The Balaban J connectivity index is 1.38. The van der Waals surface area contributed by atoms with Crippen LogP contribution in [0.3, 0.4) is 0 Å². The van der Waals surface area contributed by atoms with Crippen molar-refractivity contribution in [2.24, 2.45) is 23.7 Å². The number of carbonyl (C=O) groups is 1. The molecule has 1 heterocycles. The second-order valence-corrected chi connectivity index (χ2v) is 8.29. The van der Waals surface area contributed by atoms with Gasteiger partial charge in [-0.3, -0.25) is 4.79 Å². The van der Waals surface area contributed by atoms with Gasteiger partial charge in [0.05, 0.1) is 5.60 Å². The van der Waals surface area contributed by atoms with Gasteiger partial charge in [0.25, 0.3) is 0 Å². The van der Waals surface area contributed by atoms with Crippen molar-refractivity contribution in [1.29, 1.82) is 0 Å². The maximum Gasteiger partial charge on any atom is 0.139 e. The number of carbonyl (C=O) groups excluding carboxylic acids is 1. The highest BCUT2D eigenvalue weighted by atomic mass is 16.5. The van der Waals surface area contributed by atoms with Gasteiger partial charge in [0.15, 0.2) is 0 Å². The van der Waals surface area contributed by atoms with Gasteiger partial charge in [-0.15, -0.1) is 0 Å². The Kier molecular flexibility index (Phi) is 3.85. The molecule has 118 valence electrons. The lowest BCUT2D eigenvalue weighted by Crippen LogP contribution is -2.48. The van der Waals surface area contributed by atoms with E-state index in [1.165, 1.54) is 64.2 Å². The summed E-state index contributed by atoms with van der Waals surface area (Å²) in [5.41, 5.74) is 0.126. The second-order valence-electron chi connectivity index (χ2n) is 8.29. The minimum absolute atomic E-state index is 0.126. The Hall–Kier alpha value is -0.370. The summed E-state index contributed by atoms with van der Waals surface area (Å²) in [6.07, 6.45) is 15.1. The average Bonchev–Trinajstić information content (AvgIpc) is 2.52. The van der Waals surface area contributed by atoms with E-state index in [0.717, 1.165) is 31.3 Å². The number of ether oxygens (including phenoxy) is 1. The van der Waals surface area contributed by atoms with Crippen molar-refractivity contribution in [1.82, 2.24) is 0 Å². The summed E-state index contributed by atoms with van der Waals surface area (Å²) in [5.74, 6) is 3.16. The Morgan fingerprint density at radius 3 is 2.43 bits per heavy atom. The Morgan fingerprint density at radius 2 is 1.67 bits per heavy atom. The van der Waals surface area contributed by atoms with Crippen LogP contribution in [0.25, 0.3) is 0 Å². The summed E-state index contributed by atoms with van der Waals surface area (Å²) in [5, 5.41) is 0. The zero-order valence-corrected chi connectivity index (χ0v) is 13.3. The number of hydrogen-bond acceptors (Lipinski definition) is 2. The topological polar surface area (TPSA) is 26.3 Å². The van der Waals surface area contributed by atoms with E-state index in [4.69, 9.17) is 4.74 Å². The molecule has 1 aliphatic heterocycles. The normalized spacial score (nSPS) is 42.1. The van der Waals surface area contributed by atoms with E-state index in [9.17, 15) is 4.79 Å². The number of fused-ring (bicyclic) bond motifs is 1. The van der Waals surface area contributed by atoms with Gasteiger partial charge in [-0.25, -0.2) is 0 Å². The molecular weight excluding hydrogens is 260 g/mol. The van der Waals surface area contributed by atoms with Crippen LogP contribution in [0.1, 0.15) is 77.0 Å². The molecule has 4 atom stereocenters. The molecule has 1 spiro atoms. The van der Waals surface area contributed by atoms with Crippen molar-refractivity contribution in [3.8, 4) is 0 Å². The Bertz CT molecular complexity index is 398. The van der Waals surface area contributed by atoms with Crippen molar-refractivity contribution in [2.75, 3.05) is 6.61 Å². The van der Waals surface area contributed by atoms with Gasteiger partial charge >= 0.3 is 0 Å². The molecule has 4 rings (SSSR count). The summed E-state index contributed by atoms with van der Waals surface area (Å²) in [7, 11) is 0. The first-order valence-electron chi connectivity index (χ1n) is 9.43. The standard InChI is InChI=1S/C19H30O2/c20-18(17-8-11-21-19(13-17)9-3-10-19)16-7-6-14-4-1-2-5-15(14)12-16/h14-17H,1-13H2. The monoisotopic (exact) mass is 290 g/mol. The fourth-order valence-corrected chi connectivity index (χ4v) is 5.66. The molecule has 2 heteroatoms. The molecule has 21 heavy (non-hydrogen) atoms. The molecule has 0 amide bonds. The third kappa shape index (κ3) is 2.69. The maximum atomic E-state index is 13.0. The molecule has 4 aliphatic rings. The summed E-state index contributed by atoms with van der Waals surface area (Å²) in [6, 6.07) is 0. The molecule has 3 aliphatic carbocycles. The van der Waals surface area contributed by atoms with E-state index in [0.29, 0.717) is 17.6 Å². The molecule has 0 aromatic rings. The highest BCUT2D eigenvalue weighted by molar-refractivity contribution is 5.83. The smallest absolute Gasteiger partial charge is 0.139 e. The molecule has 0 bridgehead atoms. The van der Waals surface area contributed by atoms with Crippen LogP contribution < -0.4 is 0 Å². The lowest BCUT2D eigenvalue weighted by Gasteiger charge is -2.48. The van der Waals surface area contributed by atoms with Gasteiger partial charge < -0.3 is 4.74 Å². The Labute approximate surface area is 129 Å². The van der Waals surface area contributed by atoms with Gasteiger partial charge in [0.1, 0.15) is 5.78 Å². The van der Waals surface area contributed by atoms with Crippen molar-refractivity contribution in [2.45, 2.75) is 82.7 Å². The van der Waals surface area contributed by atoms with Crippen molar-refractivity contribution < 1.29 is 9.53 Å². The minimum Gasteiger partial charge on any atom is -0.375 e. The van der Waals surface area contributed by atoms with E-state index in [1.807, 2.05) is 0 Å². The highest BCUT2D eigenvalue weighted by Crippen LogP contribution is 2.47. The van der Waals surface area contributed by atoms with Crippen LogP contribution in [0.15, 0.2) is 0 Å². The number of rotatable bonds is 2. The van der Waals surface area contributed by atoms with Crippen LogP contribution in [0.5, 0.6) is 0 Å². The van der Waals surface area contributed by atoms with Crippen molar-refractivity contribution >= 4 is 5.78 Å². The molecule has 0 radical (unpaired) electrons. The van der Waals surface area contributed by atoms with Gasteiger partial charge in [-0.1, -0.05) is 25.7 Å². The minimum atomic E-state index is 0.126. The van der Waals surface area contributed by atoms with E-state index in [2.05, 4.69) is 0 Å². The van der Waals surface area contributed by atoms with E-state index < -0.39 is 0 Å². The van der Waals surface area contributed by atoms with Crippen LogP contribution in [0, 0.1) is 23.7 Å². The largest absolute Gasteiger partial charge is 0.375 e. The van der Waals surface area contributed by atoms with Crippen LogP contribution in [-0.2, 0) is 9.53 Å². The summed E-state index contributed by atoms with van der Waals surface area (Å²) < 4.78 is 6.00. The first-order valence-corrected chi connectivity index (χ1v) is 9.43. The van der Waals surface area contributed by atoms with Crippen molar-refractivity contribution in [3.05, 3.63) is 0 Å². The van der Waals surface area contributed by atoms with Crippen LogP contribution in [-0.4, -0.2) is 18.0 Å². The average molecular weight is 290 g/mol. The summed E-state index contributed by atoms with van der Waals surface area (Å²) >= 11 is 0. The van der Waals surface area contributed by atoms with Gasteiger partial charge in [-0.2, -0.15) is 0 Å². The fourth-order valence-electron chi connectivity index (χ4n) is 5.66. The van der Waals surface area contributed by atoms with E-state index in [1.54, 1.807) is 0 Å². The van der Waals surface area contributed by atoms with Crippen LogP contribution in [0.4, 0.5) is 0 Å². The molecular formula is C19H30O2. The van der Waals surface area contributed by atoms with Gasteiger partial charge in [0, 0.05) is 18.4 Å². The lowest BCUT2D eigenvalue weighted by atomic mass is 9.64. The van der Waals surface area contributed by atoms with E-state index >= 15 is 0 Å². The molecule has 0 aromatic carbocycles. The number of Topliss-reactive ketones (excluding diaryl/α,β-unsaturated/α-hetero) is 1. The molecule has 2 nitrogen and oxygen atoms in total. The van der Waals surface area contributed by atoms with Crippen molar-refractivity contribution in [3.63, 3.8) is 0 Å². The number of ketones is 1. The third-order valence-electron chi connectivity index (χ3n) is 7.10. The first-order chi connectivity index (χ1) is 10.3. The summed E-state index contributed by atoms with van der Waals surface area (Å²) in [4.78, 5) is 13.0. The maximum absolute atomic E-state index is 13.0. The van der Waals surface area contributed by atoms with Crippen LogP contribution >= 0.6 is 0 Å². The molecule has 4 unspecified atom stereocenters. The zero-order valence-electron chi connectivity index (χ0n) is 13.3. The molecule has 1 saturated heterocycles. The SMILES string of the molecule is O=C(C1CCC2CCCCC2C1)C1CCOC2(CCC2)C1. The predicted molar refractivity (Wildman–Crippen MR) is 83.1 cm³/mol. The molecule has 0 aromatic heterocycles. The molecule has 4 fully saturated rings. The first kappa shape index (κ1) is 14.2. The lowest BCUT2D eigenvalue weighted by molar-refractivity contribution is -0.159. The Morgan fingerprint density at radius 1 is 0.857 bits per heavy atom. The number of hydrogen-bond donors (Lipinski definition) is 0. The zero-order chi connectivity index (χ0) is 14.3. The molecule has 3 saturated carbocycles. The predicted octanol–water partition coefficient (Wildman–Crippen LogP) is 4.51. The van der Waals surface area contributed by atoms with Gasteiger partial charge in [-0.05, 0) is 63.2 Å². The third-order valence-corrected chi connectivity index (χ3v) is 7.10. The molecule has 0 N–H and O–H groups in total. The quantitative estimate of drug-likeness (QED) is 0.748. The fraction of sp³-hybridized carbons (Fsp3) is 0.947. The van der Waals surface area contributed by atoms with Gasteiger partial charge in [0.2, 0.25) is 0 Å². The van der Waals surface area contributed by atoms with Crippen LogP contribution in [0.2, 0.25) is 0 Å². The highest BCUT2D eigenvalue weighted by Gasteiger charge is 2.46. The second kappa shape index (κ2) is 5.68.